The smallest absolute Gasteiger partial charge is 0.255 e. The summed E-state index contributed by atoms with van der Waals surface area (Å²) in [5.74, 6) is 1.42. The molecule has 1 aliphatic heterocycles. The van der Waals surface area contributed by atoms with E-state index in [4.69, 9.17) is 19.9 Å². The van der Waals surface area contributed by atoms with Crippen LogP contribution in [0.4, 0.5) is 0 Å². The Kier molecular flexibility index (Phi) is 4.83. The Labute approximate surface area is 162 Å². The van der Waals surface area contributed by atoms with E-state index < -0.39 is 5.91 Å². The van der Waals surface area contributed by atoms with Gasteiger partial charge in [-0.1, -0.05) is 0 Å². The summed E-state index contributed by atoms with van der Waals surface area (Å²) in [5.41, 5.74) is 9.90. The Morgan fingerprint density at radius 3 is 2.79 bits per heavy atom. The summed E-state index contributed by atoms with van der Waals surface area (Å²) in [6.45, 7) is 0.809. The van der Waals surface area contributed by atoms with Crippen LogP contribution in [-0.2, 0) is 11.2 Å². The lowest BCUT2D eigenvalue weighted by Crippen LogP contribution is -2.87. The normalized spacial score (nSPS) is 15.9. The molecule has 0 bridgehead atoms. The lowest BCUT2D eigenvalue weighted by molar-refractivity contribution is -0.690. The number of nitrogens with one attached hydrogen (secondary N) is 1. The number of aromatic amines is 1. The first-order valence-corrected chi connectivity index (χ1v) is 9.21. The molecule has 1 aliphatic rings. The maximum atomic E-state index is 11.0. The SMILES string of the molecule is COc1ccc2[nH]c3c(c2c1)CC[NH2+][C@@H]3c1ccc(OCC(N)=O)c(OC)c1. The van der Waals surface area contributed by atoms with E-state index in [9.17, 15) is 4.79 Å². The molecule has 3 aromatic rings. The summed E-state index contributed by atoms with van der Waals surface area (Å²) in [4.78, 5) is 14.6. The van der Waals surface area contributed by atoms with Crippen LogP contribution >= 0.6 is 0 Å². The molecule has 0 saturated heterocycles. The minimum Gasteiger partial charge on any atom is -0.497 e. The molecule has 0 unspecified atom stereocenters. The minimum absolute atomic E-state index is 0.126. The number of aromatic nitrogens is 1. The maximum Gasteiger partial charge on any atom is 0.255 e. The molecule has 1 amide bonds. The highest BCUT2D eigenvalue weighted by Crippen LogP contribution is 2.35. The minimum atomic E-state index is -0.523. The number of nitrogens with two attached hydrogens (primary N) is 2. The predicted octanol–water partition coefficient (Wildman–Crippen LogP) is 1.26. The van der Waals surface area contributed by atoms with Gasteiger partial charge in [0, 0.05) is 22.9 Å². The number of amides is 1. The second-order valence-corrected chi connectivity index (χ2v) is 6.85. The van der Waals surface area contributed by atoms with Gasteiger partial charge in [0.05, 0.1) is 26.5 Å². The van der Waals surface area contributed by atoms with Crippen molar-refractivity contribution in [2.24, 2.45) is 5.73 Å². The highest BCUT2D eigenvalue weighted by molar-refractivity contribution is 5.86. The van der Waals surface area contributed by atoms with E-state index in [0.717, 1.165) is 29.8 Å². The van der Waals surface area contributed by atoms with Gasteiger partial charge in [0.15, 0.2) is 24.1 Å². The first-order chi connectivity index (χ1) is 13.6. The molecule has 1 atom stereocenters. The number of fused-ring (bicyclic) bond motifs is 3. The number of ether oxygens (including phenoxy) is 3. The Balaban J connectivity index is 1.72. The molecule has 1 aromatic heterocycles. The summed E-state index contributed by atoms with van der Waals surface area (Å²) >= 11 is 0. The number of quaternary nitrogens is 1. The number of hydrogen-bond donors (Lipinski definition) is 3. The van der Waals surface area contributed by atoms with E-state index >= 15 is 0 Å². The van der Waals surface area contributed by atoms with Gasteiger partial charge in [-0.15, -0.1) is 0 Å². The Hall–Kier alpha value is -3.19. The molecule has 0 saturated carbocycles. The van der Waals surface area contributed by atoms with Crippen LogP contribution in [0.15, 0.2) is 36.4 Å². The molecule has 5 N–H and O–H groups in total. The summed E-state index contributed by atoms with van der Waals surface area (Å²) in [6.07, 6.45) is 0.996. The monoisotopic (exact) mass is 382 g/mol. The van der Waals surface area contributed by atoms with Crippen molar-refractivity contribution in [1.82, 2.24) is 4.98 Å². The molecule has 7 nitrogen and oxygen atoms in total. The average Bonchev–Trinajstić information content (AvgIpc) is 3.09. The Morgan fingerprint density at radius 2 is 2.04 bits per heavy atom. The van der Waals surface area contributed by atoms with Crippen molar-refractivity contribution in [3.8, 4) is 17.2 Å². The first kappa shape index (κ1) is 18.2. The molecule has 146 valence electrons. The van der Waals surface area contributed by atoms with E-state index in [0.29, 0.717) is 11.5 Å². The highest BCUT2D eigenvalue weighted by atomic mass is 16.5. The third-order valence-electron chi connectivity index (χ3n) is 5.17. The molecule has 28 heavy (non-hydrogen) atoms. The number of H-pyrrole nitrogens is 1. The van der Waals surface area contributed by atoms with Crippen LogP contribution in [0.3, 0.4) is 0 Å². The molecular weight excluding hydrogens is 358 g/mol. The lowest BCUT2D eigenvalue weighted by Gasteiger charge is -2.22. The number of primary amides is 1. The van der Waals surface area contributed by atoms with Crippen molar-refractivity contribution in [2.45, 2.75) is 12.5 Å². The van der Waals surface area contributed by atoms with Gasteiger partial charge in [-0.3, -0.25) is 4.79 Å². The van der Waals surface area contributed by atoms with Crippen molar-refractivity contribution < 1.29 is 24.3 Å². The molecule has 7 heteroatoms. The van der Waals surface area contributed by atoms with Gasteiger partial charge < -0.3 is 30.2 Å². The molecule has 0 fully saturated rings. The van der Waals surface area contributed by atoms with Gasteiger partial charge >= 0.3 is 0 Å². The van der Waals surface area contributed by atoms with Gasteiger partial charge in [-0.25, -0.2) is 0 Å². The molecule has 0 aliphatic carbocycles. The Bertz CT molecular complexity index is 1030. The second kappa shape index (κ2) is 7.44. The molecule has 0 radical (unpaired) electrons. The standard InChI is InChI=1S/C21H23N3O4/c1-26-13-4-5-16-15(10-13)14-7-8-23-20(21(14)24-16)12-3-6-17(18(9-12)27-2)28-11-19(22)25/h3-6,9-10,20,23-24H,7-8,11H2,1-2H3,(H2,22,25)/p+1/t20-/m1/s1. The highest BCUT2D eigenvalue weighted by Gasteiger charge is 2.29. The fraction of sp³-hybridized carbons (Fsp3) is 0.286. The van der Waals surface area contributed by atoms with Gasteiger partial charge in [-0.2, -0.15) is 0 Å². The van der Waals surface area contributed by atoms with Crippen LogP contribution < -0.4 is 25.3 Å². The zero-order valence-electron chi connectivity index (χ0n) is 16.0. The van der Waals surface area contributed by atoms with Crippen LogP contribution in [0.1, 0.15) is 22.9 Å². The number of hydrogen-bond acceptors (Lipinski definition) is 4. The summed E-state index contributed by atoms with van der Waals surface area (Å²) in [5, 5.41) is 3.52. The van der Waals surface area contributed by atoms with Gasteiger partial charge in [0.1, 0.15) is 5.75 Å². The van der Waals surface area contributed by atoms with E-state index in [2.05, 4.69) is 22.4 Å². The predicted molar refractivity (Wildman–Crippen MR) is 105 cm³/mol. The van der Waals surface area contributed by atoms with Crippen LogP contribution in [0.2, 0.25) is 0 Å². The largest absolute Gasteiger partial charge is 0.497 e. The maximum absolute atomic E-state index is 11.0. The Morgan fingerprint density at radius 1 is 1.18 bits per heavy atom. The number of carbonyl (C=O) groups excluding carboxylic acids is 1. The first-order valence-electron chi connectivity index (χ1n) is 9.21. The van der Waals surface area contributed by atoms with Crippen LogP contribution in [0, 0.1) is 0 Å². The third-order valence-corrected chi connectivity index (χ3v) is 5.17. The third kappa shape index (κ3) is 3.25. The fourth-order valence-corrected chi connectivity index (χ4v) is 3.87. The quantitative estimate of drug-likeness (QED) is 0.597. The van der Waals surface area contributed by atoms with E-state index in [1.54, 1.807) is 14.2 Å². The lowest BCUT2D eigenvalue weighted by atomic mass is 9.94. The number of carbonyl (C=O) groups is 1. The molecular formula is C21H24N3O4+. The van der Waals surface area contributed by atoms with Crippen LogP contribution in [0.5, 0.6) is 17.2 Å². The molecule has 2 heterocycles. The number of benzene rings is 2. The zero-order chi connectivity index (χ0) is 19.7. The fourth-order valence-electron chi connectivity index (χ4n) is 3.87. The zero-order valence-corrected chi connectivity index (χ0v) is 16.0. The second-order valence-electron chi connectivity index (χ2n) is 6.85. The van der Waals surface area contributed by atoms with Gasteiger partial charge in [0.2, 0.25) is 0 Å². The van der Waals surface area contributed by atoms with Gasteiger partial charge in [0.25, 0.3) is 5.91 Å². The number of methoxy groups -OCH3 is 2. The van der Waals surface area contributed by atoms with Crippen molar-refractivity contribution in [1.29, 1.82) is 0 Å². The van der Waals surface area contributed by atoms with Crippen molar-refractivity contribution in [3.63, 3.8) is 0 Å². The van der Waals surface area contributed by atoms with Crippen molar-refractivity contribution in [2.75, 3.05) is 27.4 Å². The summed E-state index contributed by atoms with van der Waals surface area (Å²) in [6, 6.07) is 12.0. The topological polar surface area (TPSA) is 103 Å². The average molecular weight is 382 g/mol. The van der Waals surface area contributed by atoms with Crippen LogP contribution in [0.25, 0.3) is 10.9 Å². The van der Waals surface area contributed by atoms with E-state index in [1.165, 1.54) is 16.6 Å². The number of rotatable bonds is 6. The van der Waals surface area contributed by atoms with Gasteiger partial charge in [-0.05, 0) is 42.0 Å². The van der Waals surface area contributed by atoms with Crippen molar-refractivity contribution in [3.05, 3.63) is 53.2 Å². The van der Waals surface area contributed by atoms with Crippen molar-refractivity contribution >= 4 is 16.8 Å². The molecule has 4 rings (SSSR count). The van der Waals surface area contributed by atoms with Crippen LogP contribution in [-0.4, -0.2) is 38.3 Å². The molecule has 0 spiro atoms. The summed E-state index contributed by atoms with van der Waals surface area (Å²) < 4.78 is 16.3. The van der Waals surface area contributed by atoms with E-state index in [1.807, 2.05) is 24.3 Å². The summed E-state index contributed by atoms with van der Waals surface area (Å²) in [7, 11) is 3.27. The van der Waals surface area contributed by atoms with E-state index in [-0.39, 0.29) is 12.6 Å². The molecule has 2 aromatic carbocycles.